The van der Waals surface area contributed by atoms with Crippen molar-refractivity contribution in [3.63, 3.8) is 0 Å². The molecule has 0 heterocycles. The molecule has 2 atom stereocenters. The van der Waals surface area contributed by atoms with Gasteiger partial charge in [0.1, 0.15) is 12.6 Å². The second-order valence-corrected chi connectivity index (χ2v) is 6.28. The minimum Gasteiger partial charge on any atom is -0.460 e. The summed E-state index contributed by atoms with van der Waals surface area (Å²) in [7, 11) is 0. The van der Waals surface area contributed by atoms with Gasteiger partial charge in [-0.3, -0.25) is 9.59 Å². The fraction of sp³-hybridized carbons (Fsp3) is 0.875. The molecule has 0 radical (unpaired) electrons. The molecule has 0 aliphatic heterocycles. The summed E-state index contributed by atoms with van der Waals surface area (Å²) in [6, 6.07) is 0. The van der Waals surface area contributed by atoms with E-state index >= 15 is 0 Å². The standard InChI is InChI=1S/C16H29NO4/c1-5-7-9-20-12-10-13(16(12,3)4)21-15(19)11-17-14(18)8-6-2/h12-13H,5-11H2,1-4H3,(H,17,18)/t12-,13-/m1/s1. The zero-order chi connectivity index (χ0) is 15.9. The highest BCUT2D eigenvalue weighted by molar-refractivity contribution is 5.81. The zero-order valence-electron chi connectivity index (χ0n) is 13.7. The topological polar surface area (TPSA) is 64.6 Å². The number of hydrogen-bond donors (Lipinski definition) is 1. The van der Waals surface area contributed by atoms with Gasteiger partial charge in [0.25, 0.3) is 0 Å². The van der Waals surface area contributed by atoms with Crippen LogP contribution in [0.1, 0.15) is 59.8 Å². The second kappa shape index (κ2) is 8.37. The van der Waals surface area contributed by atoms with Gasteiger partial charge in [0.15, 0.2) is 0 Å². The Balaban J connectivity index is 2.26. The molecule has 122 valence electrons. The van der Waals surface area contributed by atoms with Crippen LogP contribution in [0.5, 0.6) is 0 Å². The van der Waals surface area contributed by atoms with Crippen molar-refractivity contribution in [1.29, 1.82) is 0 Å². The summed E-state index contributed by atoms with van der Waals surface area (Å²) in [4.78, 5) is 23.0. The number of nitrogens with one attached hydrogen (secondary N) is 1. The van der Waals surface area contributed by atoms with Gasteiger partial charge in [-0.25, -0.2) is 0 Å². The van der Waals surface area contributed by atoms with Crippen LogP contribution in [0.25, 0.3) is 0 Å². The second-order valence-electron chi connectivity index (χ2n) is 6.28. The summed E-state index contributed by atoms with van der Waals surface area (Å²) in [5, 5.41) is 2.57. The molecular formula is C16H29NO4. The lowest BCUT2D eigenvalue weighted by atomic mass is 9.66. The van der Waals surface area contributed by atoms with Crippen LogP contribution in [0.4, 0.5) is 0 Å². The van der Waals surface area contributed by atoms with Crippen LogP contribution in [0.2, 0.25) is 0 Å². The van der Waals surface area contributed by atoms with Gasteiger partial charge in [0.05, 0.1) is 6.10 Å². The molecule has 0 aromatic carbocycles. The fourth-order valence-corrected chi connectivity index (χ4v) is 2.39. The monoisotopic (exact) mass is 299 g/mol. The third kappa shape index (κ3) is 5.30. The van der Waals surface area contributed by atoms with Crippen LogP contribution < -0.4 is 5.32 Å². The number of rotatable bonds is 9. The summed E-state index contributed by atoms with van der Waals surface area (Å²) in [6.07, 6.45) is 4.15. The Hall–Kier alpha value is -1.10. The number of carbonyl (C=O) groups excluding carboxylic acids is 2. The summed E-state index contributed by atoms with van der Waals surface area (Å²) >= 11 is 0. The van der Waals surface area contributed by atoms with Crippen molar-refractivity contribution >= 4 is 11.9 Å². The van der Waals surface area contributed by atoms with Gasteiger partial charge in [-0.05, 0) is 12.8 Å². The molecule has 0 saturated heterocycles. The van der Waals surface area contributed by atoms with Crippen molar-refractivity contribution in [3.05, 3.63) is 0 Å². The number of hydrogen-bond acceptors (Lipinski definition) is 4. The van der Waals surface area contributed by atoms with Crippen molar-refractivity contribution in [2.75, 3.05) is 13.2 Å². The van der Waals surface area contributed by atoms with Crippen LogP contribution in [0.3, 0.4) is 0 Å². The van der Waals surface area contributed by atoms with Gasteiger partial charge in [-0.15, -0.1) is 0 Å². The Morgan fingerprint density at radius 1 is 1.19 bits per heavy atom. The number of unbranched alkanes of at least 4 members (excludes halogenated alkanes) is 1. The van der Waals surface area contributed by atoms with Crippen LogP contribution in [-0.4, -0.2) is 37.2 Å². The van der Waals surface area contributed by atoms with E-state index in [4.69, 9.17) is 9.47 Å². The first-order chi connectivity index (χ1) is 9.91. The molecule has 1 fully saturated rings. The molecule has 1 aliphatic carbocycles. The average molecular weight is 299 g/mol. The van der Waals surface area contributed by atoms with Crippen molar-refractivity contribution in [3.8, 4) is 0 Å². The molecule has 5 nitrogen and oxygen atoms in total. The average Bonchev–Trinajstić information content (AvgIpc) is 2.43. The molecular weight excluding hydrogens is 270 g/mol. The van der Waals surface area contributed by atoms with E-state index in [1.54, 1.807) is 0 Å². The van der Waals surface area contributed by atoms with Crippen LogP contribution in [-0.2, 0) is 19.1 Å². The van der Waals surface area contributed by atoms with E-state index < -0.39 is 0 Å². The lowest BCUT2D eigenvalue weighted by Crippen LogP contribution is -2.57. The molecule has 1 amide bonds. The molecule has 1 saturated carbocycles. The molecule has 21 heavy (non-hydrogen) atoms. The van der Waals surface area contributed by atoms with Crippen molar-refractivity contribution in [2.24, 2.45) is 5.41 Å². The van der Waals surface area contributed by atoms with Gasteiger partial charge in [-0.1, -0.05) is 34.1 Å². The number of amides is 1. The van der Waals surface area contributed by atoms with Crippen molar-refractivity contribution in [2.45, 2.75) is 72.0 Å². The highest BCUT2D eigenvalue weighted by Gasteiger charge is 2.51. The van der Waals surface area contributed by atoms with Crippen LogP contribution in [0, 0.1) is 5.41 Å². The lowest BCUT2D eigenvalue weighted by molar-refractivity contribution is -0.202. The summed E-state index contributed by atoms with van der Waals surface area (Å²) < 4.78 is 11.2. The van der Waals surface area contributed by atoms with Gasteiger partial charge >= 0.3 is 5.97 Å². The van der Waals surface area contributed by atoms with Crippen LogP contribution in [0.15, 0.2) is 0 Å². The Bertz CT molecular complexity index is 354. The molecule has 0 spiro atoms. The van der Waals surface area contributed by atoms with E-state index in [0.29, 0.717) is 6.42 Å². The SMILES string of the molecule is CCCCO[C@@H]1C[C@@H](OC(=O)CNC(=O)CCC)C1(C)C. The van der Waals surface area contributed by atoms with Gasteiger partial charge in [0.2, 0.25) is 5.91 Å². The Labute approximate surface area is 127 Å². The minimum absolute atomic E-state index is 0.0488. The quantitative estimate of drug-likeness (QED) is 0.524. The molecule has 0 bridgehead atoms. The Morgan fingerprint density at radius 3 is 2.48 bits per heavy atom. The number of ether oxygens (including phenoxy) is 2. The predicted molar refractivity (Wildman–Crippen MR) is 80.8 cm³/mol. The van der Waals surface area contributed by atoms with Gasteiger partial charge in [-0.2, -0.15) is 0 Å². The first-order valence-corrected chi connectivity index (χ1v) is 7.99. The highest BCUT2D eigenvalue weighted by atomic mass is 16.6. The molecule has 0 unspecified atom stereocenters. The maximum absolute atomic E-state index is 11.7. The molecule has 0 aromatic heterocycles. The van der Waals surface area contributed by atoms with E-state index in [9.17, 15) is 9.59 Å². The maximum Gasteiger partial charge on any atom is 0.325 e. The predicted octanol–water partition coefficient (Wildman–Crippen LogP) is 2.43. The van der Waals surface area contributed by atoms with Gasteiger partial charge < -0.3 is 14.8 Å². The molecule has 1 rings (SSSR count). The maximum atomic E-state index is 11.7. The Morgan fingerprint density at radius 2 is 1.90 bits per heavy atom. The van der Waals surface area contributed by atoms with Crippen molar-refractivity contribution < 1.29 is 19.1 Å². The first-order valence-electron chi connectivity index (χ1n) is 7.99. The molecule has 1 N–H and O–H groups in total. The molecule has 5 heteroatoms. The van der Waals surface area contributed by atoms with E-state index in [-0.39, 0.29) is 36.0 Å². The number of esters is 1. The smallest absolute Gasteiger partial charge is 0.325 e. The van der Waals surface area contributed by atoms with Crippen molar-refractivity contribution in [1.82, 2.24) is 5.32 Å². The zero-order valence-corrected chi connectivity index (χ0v) is 13.7. The highest BCUT2D eigenvalue weighted by Crippen LogP contribution is 2.44. The third-order valence-corrected chi connectivity index (χ3v) is 4.09. The molecule has 0 aromatic rings. The third-order valence-electron chi connectivity index (χ3n) is 4.09. The summed E-state index contributed by atoms with van der Waals surface area (Å²) in [5.41, 5.74) is -0.156. The van der Waals surface area contributed by atoms with E-state index in [2.05, 4.69) is 26.1 Å². The normalized spacial score (nSPS) is 23.2. The molecule has 1 aliphatic rings. The van der Waals surface area contributed by atoms with E-state index in [1.807, 2.05) is 6.92 Å². The summed E-state index contributed by atoms with van der Waals surface area (Å²) in [6.45, 7) is 8.88. The van der Waals surface area contributed by atoms with E-state index in [0.717, 1.165) is 32.3 Å². The van der Waals surface area contributed by atoms with Crippen LogP contribution >= 0.6 is 0 Å². The minimum atomic E-state index is -0.371. The van der Waals surface area contributed by atoms with Gasteiger partial charge in [0, 0.05) is 24.9 Å². The first kappa shape index (κ1) is 18.0. The number of carbonyl (C=O) groups is 2. The lowest BCUT2D eigenvalue weighted by Gasteiger charge is -2.50. The largest absolute Gasteiger partial charge is 0.460 e. The Kier molecular flexibility index (Phi) is 7.15. The fourth-order valence-electron chi connectivity index (χ4n) is 2.39. The van der Waals surface area contributed by atoms with E-state index in [1.165, 1.54) is 0 Å². The summed E-state index contributed by atoms with van der Waals surface area (Å²) in [5.74, 6) is -0.479.